The van der Waals surface area contributed by atoms with Crippen LogP contribution in [0.5, 0.6) is 0 Å². The SMILES string of the molecule is Cc1n[nH]c(C)c1N1CCN(C(=O)C2(c3cccs3)CCCC2)CC1. The van der Waals surface area contributed by atoms with Gasteiger partial charge in [0.1, 0.15) is 0 Å². The maximum Gasteiger partial charge on any atom is 0.234 e. The van der Waals surface area contributed by atoms with Gasteiger partial charge in [0.2, 0.25) is 5.91 Å². The Labute approximate surface area is 153 Å². The van der Waals surface area contributed by atoms with Crippen LogP contribution >= 0.6 is 11.3 Å². The van der Waals surface area contributed by atoms with Crippen LogP contribution in [0.15, 0.2) is 17.5 Å². The molecule has 4 rings (SSSR count). The van der Waals surface area contributed by atoms with Crippen LogP contribution in [0, 0.1) is 13.8 Å². The highest BCUT2D eigenvalue weighted by Gasteiger charge is 2.46. The number of hydrogen-bond donors (Lipinski definition) is 1. The normalized spacial score (nSPS) is 20.2. The third kappa shape index (κ3) is 2.76. The zero-order valence-electron chi connectivity index (χ0n) is 15.0. The van der Waals surface area contributed by atoms with E-state index in [4.69, 9.17) is 0 Å². The van der Waals surface area contributed by atoms with E-state index in [1.165, 1.54) is 10.6 Å². The Morgan fingerprint density at radius 3 is 2.48 bits per heavy atom. The van der Waals surface area contributed by atoms with E-state index >= 15 is 0 Å². The fourth-order valence-electron chi connectivity index (χ4n) is 4.54. The van der Waals surface area contributed by atoms with Crippen LogP contribution < -0.4 is 4.90 Å². The fraction of sp³-hybridized carbons (Fsp3) is 0.579. The molecule has 1 aliphatic carbocycles. The minimum absolute atomic E-state index is 0.252. The molecule has 1 saturated heterocycles. The first-order chi connectivity index (χ1) is 12.1. The number of thiophene rings is 1. The number of H-pyrrole nitrogens is 1. The number of carbonyl (C=O) groups is 1. The number of amides is 1. The average Bonchev–Trinajstić information content (AvgIpc) is 3.36. The number of nitrogens with zero attached hydrogens (tertiary/aromatic N) is 3. The molecule has 0 aromatic carbocycles. The minimum atomic E-state index is -0.252. The highest BCUT2D eigenvalue weighted by atomic mass is 32.1. The van der Waals surface area contributed by atoms with E-state index in [0.717, 1.165) is 63.3 Å². The first kappa shape index (κ1) is 16.6. The molecule has 0 radical (unpaired) electrons. The molecule has 6 heteroatoms. The van der Waals surface area contributed by atoms with Crippen molar-refractivity contribution in [2.45, 2.75) is 44.9 Å². The van der Waals surface area contributed by atoms with E-state index in [-0.39, 0.29) is 5.41 Å². The number of nitrogens with one attached hydrogen (secondary N) is 1. The second-order valence-electron chi connectivity index (χ2n) is 7.33. The van der Waals surface area contributed by atoms with Gasteiger partial charge in [0.25, 0.3) is 0 Å². The van der Waals surface area contributed by atoms with Crippen LogP contribution in [0.1, 0.15) is 41.9 Å². The Morgan fingerprint density at radius 1 is 1.20 bits per heavy atom. The third-order valence-corrected chi connectivity index (χ3v) is 6.91. The molecule has 25 heavy (non-hydrogen) atoms. The second kappa shape index (κ2) is 6.48. The van der Waals surface area contributed by atoms with Crippen LogP contribution in [0.4, 0.5) is 5.69 Å². The number of aromatic amines is 1. The lowest BCUT2D eigenvalue weighted by Gasteiger charge is -2.40. The van der Waals surface area contributed by atoms with E-state index in [1.54, 1.807) is 11.3 Å². The van der Waals surface area contributed by atoms with Gasteiger partial charge in [0.05, 0.1) is 22.5 Å². The summed E-state index contributed by atoms with van der Waals surface area (Å²) in [7, 11) is 0. The largest absolute Gasteiger partial charge is 0.365 e. The first-order valence-corrected chi connectivity index (χ1v) is 10.1. The monoisotopic (exact) mass is 358 g/mol. The zero-order valence-corrected chi connectivity index (χ0v) is 15.9. The van der Waals surface area contributed by atoms with Gasteiger partial charge in [0, 0.05) is 31.1 Å². The number of carbonyl (C=O) groups excluding carboxylic acids is 1. The predicted molar refractivity (Wildman–Crippen MR) is 101 cm³/mol. The second-order valence-corrected chi connectivity index (χ2v) is 8.28. The van der Waals surface area contributed by atoms with Crippen LogP contribution in [-0.4, -0.2) is 47.2 Å². The highest BCUT2D eigenvalue weighted by molar-refractivity contribution is 7.10. The third-order valence-electron chi connectivity index (χ3n) is 5.83. The topological polar surface area (TPSA) is 52.2 Å². The molecular weight excluding hydrogens is 332 g/mol. The van der Waals surface area contributed by atoms with Crippen LogP contribution in [-0.2, 0) is 10.2 Å². The van der Waals surface area contributed by atoms with Gasteiger partial charge in [-0.25, -0.2) is 0 Å². The summed E-state index contributed by atoms with van der Waals surface area (Å²) in [4.78, 5) is 19.2. The summed E-state index contributed by atoms with van der Waals surface area (Å²) in [5.74, 6) is 0.354. The summed E-state index contributed by atoms with van der Waals surface area (Å²) in [6, 6.07) is 4.23. The van der Waals surface area contributed by atoms with Crippen molar-refractivity contribution in [3.63, 3.8) is 0 Å². The van der Waals surface area contributed by atoms with Gasteiger partial charge >= 0.3 is 0 Å². The maximum absolute atomic E-state index is 13.4. The molecule has 5 nitrogen and oxygen atoms in total. The van der Waals surface area contributed by atoms with Crippen LogP contribution in [0.25, 0.3) is 0 Å². The number of piperazine rings is 1. The summed E-state index contributed by atoms with van der Waals surface area (Å²) in [6.45, 7) is 7.48. The molecular formula is C19H26N4OS. The Kier molecular flexibility index (Phi) is 4.31. The molecule has 134 valence electrons. The Morgan fingerprint density at radius 2 is 1.92 bits per heavy atom. The van der Waals surface area contributed by atoms with Crippen molar-refractivity contribution in [1.82, 2.24) is 15.1 Å². The van der Waals surface area contributed by atoms with E-state index in [9.17, 15) is 4.79 Å². The van der Waals surface area contributed by atoms with Gasteiger partial charge in [-0.05, 0) is 38.1 Å². The van der Waals surface area contributed by atoms with E-state index < -0.39 is 0 Å². The molecule has 2 aromatic rings. The molecule has 2 aliphatic rings. The van der Waals surface area contributed by atoms with Gasteiger partial charge in [-0.1, -0.05) is 18.9 Å². The van der Waals surface area contributed by atoms with Crippen molar-refractivity contribution < 1.29 is 4.79 Å². The van der Waals surface area contributed by atoms with Crippen molar-refractivity contribution in [1.29, 1.82) is 0 Å². The average molecular weight is 359 g/mol. The summed E-state index contributed by atoms with van der Waals surface area (Å²) < 4.78 is 0. The number of anilines is 1. The summed E-state index contributed by atoms with van der Waals surface area (Å²) in [5.41, 5.74) is 3.12. The van der Waals surface area contributed by atoms with E-state index in [2.05, 4.69) is 44.4 Å². The van der Waals surface area contributed by atoms with Crippen LogP contribution in [0.2, 0.25) is 0 Å². The molecule has 1 aliphatic heterocycles. The number of hydrogen-bond acceptors (Lipinski definition) is 4. The molecule has 1 N–H and O–H groups in total. The molecule has 0 atom stereocenters. The number of aromatic nitrogens is 2. The molecule has 0 bridgehead atoms. The smallest absolute Gasteiger partial charge is 0.234 e. The predicted octanol–water partition coefficient (Wildman–Crippen LogP) is 3.25. The van der Waals surface area contributed by atoms with Gasteiger partial charge in [-0.2, -0.15) is 5.10 Å². The van der Waals surface area contributed by atoms with Gasteiger partial charge in [0.15, 0.2) is 0 Å². The Hall–Kier alpha value is -1.82. The molecule has 2 aromatic heterocycles. The van der Waals surface area contributed by atoms with Crippen molar-refractivity contribution in [3.05, 3.63) is 33.8 Å². The molecule has 0 unspecified atom stereocenters. The van der Waals surface area contributed by atoms with Crippen molar-refractivity contribution in [3.8, 4) is 0 Å². The zero-order chi connectivity index (χ0) is 17.4. The van der Waals surface area contributed by atoms with E-state index in [1.807, 2.05) is 6.92 Å². The van der Waals surface area contributed by atoms with Gasteiger partial charge in [-0.15, -0.1) is 11.3 Å². The molecule has 2 fully saturated rings. The quantitative estimate of drug-likeness (QED) is 0.916. The van der Waals surface area contributed by atoms with E-state index in [0.29, 0.717) is 5.91 Å². The lowest BCUT2D eigenvalue weighted by Crippen LogP contribution is -2.54. The Bertz CT molecular complexity index is 718. The van der Waals surface area contributed by atoms with Crippen molar-refractivity contribution in [2.75, 3.05) is 31.1 Å². The fourth-order valence-corrected chi connectivity index (χ4v) is 5.52. The highest BCUT2D eigenvalue weighted by Crippen LogP contribution is 2.44. The maximum atomic E-state index is 13.4. The van der Waals surface area contributed by atoms with Gasteiger partial charge in [-0.3, -0.25) is 9.89 Å². The first-order valence-electron chi connectivity index (χ1n) is 9.22. The molecule has 1 saturated carbocycles. The summed E-state index contributed by atoms with van der Waals surface area (Å²) in [6.07, 6.45) is 4.34. The molecule has 0 spiro atoms. The van der Waals surface area contributed by atoms with Gasteiger partial charge < -0.3 is 9.80 Å². The molecule has 3 heterocycles. The van der Waals surface area contributed by atoms with Crippen molar-refractivity contribution >= 4 is 22.9 Å². The summed E-state index contributed by atoms with van der Waals surface area (Å²) >= 11 is 1.74. The van der Waals surface area contributed by atoms with Crippen molar-refractivity contribution in [2.24, 2.45) is 0 Å². The minimum Gasteiger partial charge on any atom is -0.365 e. The Balaban J connectivity index is 1.49. The lowest BCUT2D eigenvalue weighted by atomic mass is 9.82. The summed E-state index contributed by atoms with van der Waals surface area (Å²) in [5, 5.41) is 9.48. The number of rotatable bonds is 3. The number of aryl methyl sites for hydroxylation is 2. The lowest BCUT2D eigenvalue weighted by molar-refractivity contribution is -0.137. The standard InChI is InChI=1S/C19H26N4OS/c1-14-17(15(2)21-20-14)22-9-11-23(12-10-22)18(24)19(7-3-4-8-19)16-6-5-13-25-16/h5-6,13H,3-4,7-12H2,1-2H3,(H,20,21). The molecule has 1 amide bonds. The van der Waals surface area contributed by atoms with Crippen LogP contribution in [0.3, 0.4) is 0 Å².